The fraction of sp³-hybridized carbons (Fsp3) is 0.391. The molecule has 2 amide bonds. The Balaban J connectivity index is 2.13. The minimum absolute atomic E-state index is 0.0252. The van der Waals surface area contributed by atoms with Crippen LogP contribution in [0, 0.1) is 0 Å². The first-order valence-corrected chi connectivity index (χ1v) is 9.67. The number of benzene rings is 2. The maximum atomic E-state index is 13.0. The number of nitrogens with zero attached hydrogens (tertiary/aromatic N) is 1. The van der Waals surface area contributed by atoms with E-state index in [9.17, 15) is 9.59 Å². The lowest BCUT2D eigenvalue weighted by molar-refractivity contribution is -0.140. The number of rotatable bonds is 9. The molecule has 1 N–H and O–H groups in total. The number of hydrogen-bond donors (Lipinski definition) is 1. The Labute approximate surface area is 167 Å². The standard InChI is InChI=1S/C23H30N2O3/c1-17(2)24-23(27)18(3)25(16-20-10-13-21(28-4)14-11-20)22(26)15-12-19-8-6-5-7-9-19/h5-11,13-14,17-18H,12,15-16H2,1-4H3,(H,24,27). The molecule has 0 saturated heterocycles. The zero-order valence-electron chi connectivity index (χ0n) is 17.1. The van der Waals surface area contributed by atoms with Crippen molar-refractivity contribution in [2.75, 3.05) is 7.11 Å². The van der Waals surface area contributed by atoms with Crippen molar-refractivity contribution >= 4 is 11.8 Å². The molecule has 28 heavy (non-hydrogen) atoms. The average Bonchev–Trinajstić information content (AvgIpc) is 2.70. The minimum atomic E-state index is -0.548. The number of carbonyl (C=O) groups is 2. The molecule has 0 aliphatic rings. The Kier molecular flexibility index (Phi) is 8.05. The van der Waals surface area contributed by atoms with E-state index < -0.39 is 6.04 Å². The Hall–Kier alpha value is -2.82. The van der Waals surface area contributed by atoms with Crippen LogP contribution < -0.4 is 10.1 Å². The van der Waals surface area contributed by atoms with Crippen molar-refractivity contribution in [1.29, 1.82) is 0 Å². The molecular weight excluding hydrogens is 352 g/mol. The number of nitrogens with one attached hydrogen (secondary N) is 1. The molecule has 0 aromatic heterocycles. The van der Waals surface area contributed by atoms with Crippen molar-refractivity contribution in [3.05, 3.63) is 65.7 Å². The highest BCUT2D eigenvalue weighted by molar-refractivity contribution is 5.87. The van der Waals surface area contributed by atoms with Crippen LogP contribution >= 0.6 is 0 Å². The molecule has 0 bridgehead atoms. The van der Waals surface area contributed by atoms with Gasteiger partial charge in [0.15, 0.2) is 0 Å². The van der Waals surface area contributed by atoms with Gasteiger partial charge in [0.25, 0.3) is 0 Å². The first kappa shape index (κ1) is 21.5. The van der Waals surface area contributed by atoms with Crippen LogP contribution in [0.5, 0.6) is 5.75 Å². The SMILES string of the molecule is COc1ccc(CN(C(=O)CCc2ccccc2)C(C)C(=O)NC(C)C)cc1. The summed E-state index contributed by atoms with van der Waals surface area (Å²) in [5.74, 6) is 0.582. The largest absolute Gasteiger partial charge is 0.497 e. The first-order valence-electron chi connectivity index (χ1n) is 9.67. The average molecular weight is 383 g/mol. The van der Waals surface area contributed by atoms with Crippen LogP contribution in [0.2, 0.25) is 0 Å². The second-order valence-corrected chi connectivity index (χ2v) is 7.19. The van der Waals surface area contributed by atoms with E-state index in [-0.39, 0.29) is 17.9 Å². The number of amides is 2. The molecule has 0 aliphatic carbocycles. The molecule has 0 spiro atoms. The summed E-state index contributed by atoms with van der Waals surface area (Å²) in [5.41, 5.74) is 2.07. The Morgan fingerprint density at radius 3 is 2.18 bits per heavy atom. The third-order valence-electron chi connectivity index (χ3n) is 4.58. The topological polar surface area (TPSA) is 58.6 Å². The van der Waals surface area contributed by atoms with Gasteiger partial charge in [-0.15, -0.1) is 0 Å². The number of methoxy groups -OCH3 is 1. The fourth-order valence-corrected chi connectivity index (χ4v) is 2.95. The third-order valence-corrected chi connectivity index (χ3v) is 4.58. The van der Waals surface area contributed by atoms with Crippen LogP contribution in [-0.4, -0.2) is 35.9 Å². The predicted octanol–water partition coefficient (Wildman–Crippen LogP) is 3.57. The van der Waals surface area contributed by atoms with Gasteiger partial charge in [0, 0.05) is 19.0 Å². The smallest absolute Gasteiger partial charge is 0.242 e. The molecule has 150 valence electrons. The van der Waals surface area contributed by atoms with Crippen molar-refractivity contribution in [2.45, 2.75) is 52.2 Å². The van der Waals surface area contributed by atoms with E-state index in [4.69, 9.17) is 4.74 Å². The van der Waals surface area contributed by atoms with E-state index >= 15 is 0 Å². The molecule has 2 aromatic rings. The summed E-state index contributed by atoms with van der Waals surface area (Å²) >= 11 is 0. The highest BCUT2D eigenvalue weighted by Gasteiger charge is 2.26. The van der Waals surface area contributed by atoms with Gasteiger partial charge in [0.2, 0.25) is 11.8 Å². The first-order chi connectivity index (χ1) is 13.4. The van der Waals surface area contributed by atoms with Gasteiger partial charge >= 0.3 is 0 Å². The Bertz CT molecular complexity index is 757. The molecular formula is C23H30N2O3. The van der Waals surface area contributed by atoms with Gasteiger partial charge in [-0.3, -0.25) is 9.59 Å². The summed E-state index contributed by atoms with van der Waals surface area (Å²) < 4.78 is 5.19. The number of aryl methyl sites for hydroxylation is 1. The number of ether oxygens (including phenoxy) is 1. The van der Waals surface area contributed by atoms with Crippen LogP contribution in [0.4, 0.5) is 0 Å². The monoisotopic (exact) mass is 382 g/mol. The van der Waals surface area contributed by atoms with E-state index in [1.165, 1.54) is 0 Å². The number of carbonyl (C=O) groups excluding carboxylic acids is 2. The van der Waals surface area contributed by atoms with Gasteiger partial charge < -0.3 is 15.0 Å². The molecule has 0 heterocycles. The van der Waals surface area contributed by atoms with Crippen LogP contribution in [0.1, 0.15) is 38.3 Å². The van der Waals surface area contributed by atoms with Crippen molar-refractivity contribution in [1.82, 2.24) is 10.2 Å². The fourth-order valence-electron chi connectivity index (χ4n) is 2.95. The van der Waals surface area contributed by atoms with Crippen molar-refractivity contribution < 1.29 is 14.3 Å². The lowest BCUT2D eigenvalue weighted by atomic mass is 10.1. The Morgan fingerprint density at radius 1 is 0.964 bits per heavy atom. The molecule has 1 atom stereocenters. The molecule has 2 rings (SSSR count). The van der Waals surface area contributed by atoms with Gasteiger partial charge in [0.1, 0.15) is 11.8 Å². The van der Waals surface area contributed by atoms with E-state index in [1.807, 2.05) is 68.4 Å². The van der Waals surface area contributed by atoms with Crippen LogP contribution in [0.3, 0.4) is 0 Å². The van der Waals surface area contributed by atoms with Crippen molar-refractivity contribution in [2.24, 2.45) is 0 Å². The van der Waals surface area contributed by atoms with E-state index in [1.54, 1.807) is 18.9 Å². The zero-order valence-corrected chi connectivity index (χ0v) is 17.1. The highest BCUT2D eigenvalue weighted by atomic mass is 16.5. The van der Waals surface area contributed by atoms with Crippen LogP contribution in [0.15, 0.2) is 54.6 Å². The van der Waals surface area contributed by atoms with Gasteiger partial charge in [-0.2, -0.15) is 0 Å². The van der Waals surface area contributed by atoms with Crippen LogP contribution in [-0.2, 0) is 22.6 Å². The molecule has 0 radical (unpaired) electrons. The van der Waals surface area contributed by atoms with E-state index in [2.05, 4.69) is 5.32 Å². The molecule has 1 unspecified atom stereocenters. The summed E-state index contributed by atoms with van der Waals surface area (Å²) in [7, 11) is 1.62. The van der Waals surface area contributed by atoms with Crippen LogP contribution in [0.25, 0.3) is 0 Å². The quantitative estimate of drug-likeness (QED) is 0.721. The number of hydrogen-bond acceptors (Lipinski definition) is 3. The lowest BCUT2D eigenvalue weighted by Crippen LogP contribution is -2.49. The summed E-state index contributed by atoms with van der Waals surface area (Å²) in [6.45, 7) is 5.98. The third kappa shape index (κ3) is 6.41. The minimum Gasteiger partial charge on any atom is -0.497 e. The van der Waals surface area contributed by atoms with E-state index in [0.29, 0.717) is 19.4 Å². The second-order valence-electron chi connectivity index (χ2n) is 7.19. The summed E-state index contributed by atoms with van der Waals surface area (Å²) in [5, 5.41) is 2.90. The van der Waals surface area contributed by atoms with E-state index in [0.717, 1.165) is 16.9 Å². The predicted molar refractivity (Wildman–Crippen MR) is 111 cm³/mol. The molecule has 0 fully saturated rings. The summed E-state index contributed by atoms with van der Waals surface area (Å²) in [6.07, 6.45) is 1.01. The molecule has 5 nitrogen and oxygen atoms in total. The molecule has 0 saturated carbocycles. The molecule has 5 heteroatoms. The summed E-state index contributed by atoms with van der Waals surface area (Å²) in [4.78, 5) is 27.2. The van der Waals surface area contributed by atoms with Gasteiger partial charge in [0.05, 0.1) is 7.11 Å². The highest BCUT2D eigenvalue weighted by Crippen LogP contribution is 2.16. The van der Waals surface area contributed by atoms with Gasteiger partial charge in [-0.05, 0) is 50.5 Å². The van der Waals surface area contributed by atoms with Crippen molar-refractivity contribution in [3.63, 3.8) is 0 Å². The second kappa shape index (κ2) is 10.5. The maximum Gasteiger partial charge on any atom is 0.242 e. The molecule has 2 aromatic carbocycles. The van der Waals surface area contributed by atoms with Gasteiger partial charge in [-0.1, -0.05) is 42.5 Å². The zero-order chi connectivity index (χ0) is 20.5. The normalized spacial score (nSPS) is 11.8. The lowest BCUT2D eigenvalue weighted by Gasteiger charge is -2.29. The molecule has 0 aliphatic heterocycles. The van der Waals surface area contributed by atoms with Crippen molar-refractivity contribution in [3.8, 4) is 5.75 Å². The Morgan fingerprint density at radius 2 is 1.61 bits per heavy atom. The maximum absolute atomic E-state index is 13.0. The summed E-state index contributed by atoms with van der Waals surface area (Å²) in [6, 6.07) is 17.0. The van der Waals surface area contributed by atoms with Gasteiger partial charge in [-0.25, -0.2) is 0 Å².